The van der Waals surface area contributed by atoms with Gasteiger partial charge in [0.15, 0.2) is 0 Å². The number of hydrazine groups is 1. The summed E-state index contributed by atoms with van der Waals surface area (Å²) in [4.78, 5) is 24.2. The fourth-order valence-electron chi connectivity index (χ4n) is 2.76. The number of hydrogen-bond acceptors (Lipinski definition) is 3. The van der Waals surface area contributed by atoms with Crippen LogP contribution < -0.4 is 10.9 Å². The Morgan fingerprint density at radius 3 is 2.33 bits per heavy atom. The largest absolute Gasteiger partial charge is 0.273 e. The third-order valence-electron chi connectivity index (χ3n) is 4.20. The van der Waals surface area contributed by atoms with Gasteiger partial charge in [-0.2, -0.15) is 5.10 Å². The van der Waals surface area contributed by atoms with Crippen LogP contribution in [0.3, 0.4) is 0 Å². The molecule has 7 heteroatoms. The minimum Gasteiger partial charge on any atom is -0.273 e. The maximum atomic E-state index is 12.9. The summed E-state index contributed by atoms with van der Waals surface area (Å²) in [6.07, 6.45) is 0.0776. The summed E-state index contributed by atoms with van der Waals surface area (Å²) < 4.78 is 14.7. The van der Waals surface area contributed by atoms with Crippen molar-refractivity contribution in [3.63, 3.8) is 0 Å². The lowest BCUT2D eigenvalue weighted by Crippen LogP contribution is -2.42. The van der Waals surface area contributed by atoms with Crippen molar-refractivity contribution in [1.82, 2.24) is 20.6 Å². The third kappa shape index (κ3) is 4.20. The predicted octanol–water partition coefficient (Wildman–Crippen LogP) is 2.63. The maximum absolute atomic E-state index is 12.9. The number of amides is 2. The second-order valence-electron chi connectivity index (χ2n) is 6.08. The minimum absolute atomic E-state index is 0.0776. The van der Waals surface area contributed by atoms with E-state index < -0.39 is 11.7 Å². The quantitative estimate of drug-likeness (QED) is 0.697. The van der Waals surface area contributed by atoms with Crippen molar-refractivity contribution in [3.05, 3.63) is 82.9 Å². The number of benzene rings is 2. The number of carbonyl (C=O) groups is 2. The van der Waals surface area contributed by atoms with Gasteiger partial charge in [0.25, 0.3) is 5.91 Å². The average Bonchev–Trinajstić information content (AvgIpc) is 2.95. The molecule has 0 spiro atoms. The van der Waals surface area contributed by atoms with Gasteiger partial charge in [-0.15, -0.1) is 0 Å². The molecule has 0 aliphatic rings. The van der Waals surface area contributed by atoms with Gasteiger partial charge in [0.05, 0.1) is 17.8 Å². The molecule has 2 N–H and O–H groups in total. The van der Waals surface area contributed by atoms with Gasteiger partial charge in [0.2, 0.25) is 5.91 Å². The van der Waals surface area contributed by atoms with E-state index in [2.05, 4.69) is 16.0 Å². The molecule has 0 atom stereocenters. The number of aromatic nitrogens is 2. The highest BCUT2D eigenvalue weighted by Crippen LogP contribution is 2.18. The highest BCUT2D eigenvalue weighted by atomic mass is 19.1. The zero-order chi connectivity index (χ0) is 19.4. The summed E-state index contributed by atoms with van der Waals surface area (Å²) in [5.74, 6) is -1.32. The molecule has 27 heavy (non-hydrogen) atoms. The van der Waals surface area contributed by atoms with Gasteiger partial charge in [0, 0.05) is 16.8 Å². The topological polar surface area (TPSA) is 76.0 Å². The van der Waals surface area contributed by atoms with Crippen LogP contribution in [0, 0.1) is 19.7 Å². The number of aryl methyl sites for hydroxylation is 1. The molecule has 2 amide bonds. The van der Waals surface area contributed by atoms with Crippen molar-refractivity contribution in [2.24, 2.45) is 0 Å². The molecule has 1 aromatic heterocycles. The molecular weight excluding hydrogens is 347 g/mol. The van der Waals surface area contributed by atoms with Gasteiger partial charge >= 0.3 is 0 Å². The second-order valence-corrected chi connectivity index (χ2v) is 6.08. The first-order valence-corrected chi connectivity index (χ1v) is 8.41. The standard InChI is InChI=1S/C20H19FN4O2/c1-13-18(14(2)25(24-13)17-6-4-3-5-7-17)12-19(26)22-23-20(27)15-8-10-16(21)11-9-15/h3-11H,12H2,1-2H3,(H,22,26)(H,23,27). The molecule has 0 saturated carbocycles. The van der Waals surface area contributed by atoms with E-state index in [0.29, 0.717) is 0 Å². The van der Waals surface area contributed by atoms with Crippen LogP contribution in [-0.4, -0.2) is 21.6 Å². The summed E-state index contributed by atoms with van der Waals surface area (Å²) in [5.41, 5.74) is 8.27. The normalized spacial score (nSPS) is 10.5. The van der Waals surface area contributed by atoms with Gasteiger partial charge in [-0.1, -0.05) is 18.2 Å². The molecule has 3 aromatic rings. The Hall–Kier alpha value is -3.48. The lowest BCUT2D eigenvalue weighted by atomic mass is 10.1. The summed E-state index contributed by atoms with van der Waals surface area (Å²) in [7, 11) is 0. The minimum atomic E-state index is -0.517. The third-order valence-corrected chi connectivity index (χ3v) is 4.20. The van der Waals surface area contributed by atoms with Gasteiger partial charge < -0.3 is 0 Å². The molecule has 0 fully saturated rings. The van der Waals surface area contributed by atoms with Crippen LogP contribution in [0.5, 0.6) is 0 Å². The second kappa shape index (κ2) is 7.82. The van der Waals surface area contributed by atoms with Crippen LogP contribution >= 0.6 is 0 Å². The molecule has 2 aromatic carbocycles. The van der Waals surface area contributed by atoms with Crippen LogP contribution in [0.15, 0.2) is 54.6 Å². The molecular formula is C20H19FN4O2. The Bertz CT molecular complexity index is 966. The molecule has 6 nitrogen and oxygen atoms in total. The molecule has 0 unspecified atom stereocenters. The van der Waals surface area contributed by atoms with Crippen LogP contribution in [0.2, 0.25) is 0 Å². The molecule has 0 bridgehead atoms. The summed E-state index contributed by atoms with van der Waals surface area (Å²) in [5, 5.41) is 4.50. The smallest absolute Gasteiger partial charge is 0.269 e. The molecule has 0 saturated heterocycles. The van der Waals surface area contributed by atoms with Crippen molar-refractivity contribution >= 4 is 11.8 Å². The van der Waals surface area contributed by atoms with E-state index in [9.17, 15) is 14.0 Å². The number of para-hydroxylation sites is 1. The zero-order valence-electron chi connectivity index (χ0n) is 15.0. The van der Waals surface area contributed by atoms with Crippen molar-refractivity contribution in [1.29, 1.82) is 0 Å². The van der Waals surface area contributed by atoms with Crippen LogP contribution in [-0.2, 0) is 11.2 Å². The van der Waals surface area contributed by atoms with Crippen molar-refractivity contribution < 1.29 is 14.0 Å². The summed E-state index contributed by atoms with van der Waals surface area (Å²) >= 11 is 0. The number of halogens is 1. The first-order chi connectivity index (χ1) is 13.0. The molecule has 1 heterocycles. The van der Waals surface area contributed by atoms with E-state index in [4.69, 9.17) is 0 Å². The number of nitrogens with zero attached hydrogens (tertiary/aromatic N) is 2. The number of carbonyl (C=O) groups excluding carboxylic acids is 2. The predicted molar refractivity (Wildman–Crippen MR) is 98.8 cm³/mol. The Morgan fingerprint density at radius 2 is 1.67 bits per heavy atom. The Labute approximate surface area is 156 Å². The van der Waals surface area contributed by atoms with E-state index in [1.807, 2.05) is 44.2 Å². The van der Waals surface area contributed by atoms with Crippen LogP contribution in [0.25, 0.3) is 5.69 Å². The van der Waals surface area contributed by atoms with E-state index in [1.165, 1.54) is 24.3 Å². The Kier molecular flexibility index (Phi) is 5.30. The van der Waals surface area contributed by atoms with Gasteiger partial charge in [-0.25, -0.2) is 9.07 Å². The first-order valence-electron chi connectivity index (χ1n) is 8.41. The van der Waals surface area contributed by atoms with Gasteiger partial charge in [-0.3, -0.25) is 20.4 Å². The van der Waals surface area contributed by atoms with Crippen molar-refractivity contribution in [2.45, 2.75) is 20.3 Å². The van der Waals surface area contributed by atoms with Crippen LogP contribution in [0.4, 0.5) is 4.39 Å². The number of rotatable bonds is 4. The Morgan fingerprint density at radius 1 is 1.00 bits per heavy atom. The van der Waals surface area contributed by atoms with Crippen LogP contribution in [0.1, 0.15) is 27.3 Å². The number of hydrogen-bond donors (Lipinski definition) is 2. The number of nitrogens with one attached hydrogen (secondary N) is 2. The van der Waals surface area contributed by atoms with E-state index >= 15 is 0 Å². The summed E-state index contributed by atoms with van der Waals surface area (Å²) in [6.45, 7) is 3.73. The Balaban J connectivity index is 1.65. The highest BCUT2D eigenvalue weighted by Gasteiger charge is 2.16. The fraction of sp³-hybridized carbons (Fsp3) is 0.150. The maximum Gasteiger partial charge on any atom is 0.269 e. The molecule has 0 aliphatic carbocycles. The molecule has 138 valence electrons. The van der Waals surface area contributed by atoms with E-state index in [0.717, 1.165) is 22.6 Å². The lowest BCUT2D eigenvalue weighted by Gasteiger charge is -2.08. The van der Waals surface area contributed by atoms with E-state index in [1.54, 1.807) is 4.68 Å². The van der Waals surface area contributed by atoms with E-state index in [-0.39, 0.29) is 17.9 Å². The average molecular weight is 366 g/mol. The molecule has 3 rings (SSSR count). The summed E-state index contributed by atoms with van der Waals surface area (Å²) in [6, 6.07) is 14.7. The zero-order valence-corrected chi connectivity index (χ0v) is 15.0. The monoisotopic (exact) mass is 366 g/mol. The molecule has 0 radical (unpaired) electrons. The fourth-order valence-corrected chi connectivity index (χ4v) is 2.76. The lowest BCUT2D eigenvalue weighted by molar-refractivity contribution is -0.121. The SMILES string of the molecule is Cc1nn(-c2ccccc2)c(C)c1CC(=O)NNC(=O)c1ccc(F)cc1. The van der Waals surface area contributed by atoms with Crippen molar-refractivity contribution in [3.8, 4) is 5.69 Å². The molecule has 0 aliphatic heterocycles. The first kappa shape index (κ1) is 18.3. The van der Waals surface area contributed by atoms with Crippen molar-refractivity contribution in [2.75, 3.05) is 0 Å². The highest BCUT2D eigenvalue weighted by molar-refractivity contribution is 5.95. The van der Waals surface area contributed by atoms with Gasteiger partial charge in [0.1, 0.15) is 5.82 Å². The van der Waals surface area contributed by atoms with Gasteiger partial charge in [-0.05, 0) is 50.2 Å².